The molecule has 4 rings (SSSR count). The Kier molecular flexibility index (Phi) is 5.10. The molecular weight excluding hydrogens is 422 g/mol. The number of anilines is 1. The van der Waals surface area contributed by atoms with Gasteiger partial charge in [0.15, 0.2) is 0 Å². The zero-order valence-electron chi connectivity index (χ0n) is 15.3. The minimum absolute atomic E-state index is 0.00532. The molecule has 2 aliphatic heterocycles. The van der Waals surface area contributed by atoms with Gasteiger partial charge in [0.05, 0.1) is 34.7 Å². The Hall–Kier alpha value is -2.42. The Morgan fingerprint density at radius 3 is 2.90 bits per heavy atom. The summed E-state index contributed by atoms with van der Waals surface area (Å²) in [6.45, 7) is 2.49. The summed E-state index contributed by atoms with van der Waals surface area (Å²) in [5, 5.41) is 3.10. The summed E-state index contributed by atoms with van der Waals surface area (Å²) in [4.78, 5) is 20.9. The van der Waals surface area contributed by atoms with Crippen LogP contribution in [0.2, 0.25) is 10.0 Å². The van der Waals surface area contributed by atoms with Crippen molar-refractivity contribution in [3.8, 4) is 0 Å². The van der Waals surface area contributed by atoms with Crippen LogP contribution in [-0.2, 0) is 15.0 Å². The van der Waals surface area contributed by atoms with E-state index in [1.165, 1.54) is 30.5 Å². The largest absolute Gasteiger partial charge is 0.459 e. The molecule has 1 saturated heterocycles. The van der Waals surface area contributed by atoms with Crippen LogP contribution in [-0.4, -0.2) is 36.2 Å². The fourth-order valence-corrected chi connectivity index (χ4v) is 4.16. The molecule has 0 radical (unpaired) electrons. The number of nitrogens with zero attached hydrogens (tertiary/aromatic N) is 2. The first-order valence-corrected chi connectivity index (χ1v) is 9.55. The van der Waals surface area contributed by atoms with E-state index in [4.69, 9.17) is 38.4 Å². The second kappa shape index (κ2) is 7.44. The third kappa shape index (κ3) is 3.63. The summed E-state index contributed by atoms with van der Waals surface area (Å²) in [5.41, 5.74) is 5.45. The summed E-state index contributed by atoms with van der Waals surface area (Å²) in [7, 11) is 0. The smallest absolute Gasteiger partial charge is 0.283 e. The van der Waals surface area contributed by atoms with Crippen LogP contribution in [0.25, 0.3) is 0 Å². The van der Waals surface area contributed by atoms with E-state index in [0.29, 0.717) is 23.9 Å². The second-order valence-electron chi connectivity index (χ2n) is 7.03. The van der Waals surface area contributed by atoms with Crippen molar-refractivity contribution in [3.63, 3.8) is 0 Å². The zero-order valence-corrected chi connectivity index (χ0v) is 16.8. The lowest BCUT2D eigenvalue weighted by Gasteiger charge is -2.38. The molecule has 0 unspecified atom stereocenters. The van der Waals surface area contributed by atoms with Crippen molar-refractivity contribution >= 4 is 40.8 Å². The Labute approximate surface area is 176 Å². The van der Waals surface area contributed by atoms with Gasteiger partial charge >= 0.3 is 0 Å². The predicted molar refractivity (Wildman–Crippen MR) is 107 cm³/mol. The summed E-state index contributed by atoms with van der Waals surface area (Å²) in [6, 6.07) is 5.62. The minimum Gasteiger partial charge on any atom is -0.459 e. The molecule has 29 heavy (non-hydrogen) atoms. The van der Waals surface area contributed by atoms with Crippen LogP contribution >= 0.6 is 23.2 Å². The molecule has 152 valence electrons. The van der Waals surface area contributed by atoms with Gasteiger partial charge < -0.3 is 20.5 Å². The van der Waals surface area contributed by atoms with Crippen molar-refractivity contribution in [3.05, 3.63) is 57.6 Å². The van der Waals surface area contributed by atoms with Crippen molar-refractivity contribution in [2.45, 2.75) is 18.6 Å². The molecule has 1 fully saturated rings. The van der Waals surface area contributed by atoms with E-state index >= 15 is 0 Å². The summed E-state index contributed by atoms with van der Waals surface area (Å²) >= 11 is 11.9. The monoisotopic (exact) mass is 438 g/mol. The van der Waals surface area contributed by atoms with Gasteiger partial charge in [-0.3, -0.25) is 4.79 Å². The van der Waals surface area contributed by atoms with Gasteiger partial charge in [0, 0.05) is 17.4 Å². The number of hydrogen-bond acceptors (Lipinski definition) is 6. The van der Waals surface area contributed by atoms with Gasteiger partial charge in [0.1, 0.15) is 17.6 Å². The number of aromatic nitrogens is 1. The van der Waals surface area contributed by atoms with E-state index in [9.17, 15) is 9.18 Å². The summed E-state index contributed by atoms with van der Waals surface area (Å²) in [6.07, 6.45) is 1.01. The maximum atomic E-state index is 14.8. The van der Waals surface area contributed by atoms with Gasteiger partial charge in [-0.2, -0.15) is 0 Å². The number of nitrogens with one attached hydrogen (secondary N) is 1. The SMILES string of the molecule is C[C@]1(c2cc(NC(=O)c3ncc(Cl)cc3Cl)ccc2F)N=C(N)O[C@@H]2COC[C@@H]21. The second-order valence-corrected chi connectivity index (χ2v) is 7.87. The Balaban J connectivity index is 1.67. The van der Waals surface area contributed by atoms with E-state index in [-0.39, 0.29) is 34.3 Å². The number of aliphatic imine (C=N–C) groups is 1. The van der Waals surface area contributed by atoms with Crippen LogP contribution in [0, 0.1) is 11.7 Å². The summed E-state index contributed by atoms with van der Waals surface area (Å²) < 4.78 is 25.8. The lowest BCUT2D eigenvalue weighted by Crippen LogP contribution is -2.47. The van der Waals surface area contributed by atoms with Crippen molar-refractivity contribution in [1.82, 2.24) is 4.98 Å². The number of nitrogens with two attached hydrogens (primary N) is 1. The Morgan fingerprint density at radius 2 is 2.14 bits per heavy atom. The fraction of sp³-hybridized carbons (Fsp3) is 0.316. The number of carbonyl (C=O) groups is 1. The van der Waals surface area contributed by atoms with Gasteiger partial charge in [-0.1, -0.05) is 23.2 Å². The molecule has 1 amide bonds. The zero-order chi connectivity index (χ0) is 20.8. The molecule has 1 aromatic carbocycles. The Bertz CT molecular complexity index is 1020. The number of pyridine rings is 1. The molecule has 3 atom stereocenters. The van der Waals surface area contributed by atoms with E-state index in [0.717, 1.165) is 0 Å². The van der Waals surface area contributed by atoms with Crippen LogP contribution in [0.5, 0.6) is 0 Å². The average molecular weight is 439 g/mol. The standard InChI is InChI=1S/C19H17Cl2FN4O3/c1-19(12-7-28-8-15(12)29-18(23)26-19)11-5-10(2-3-14(11)22)25-17(27)16-13(21)4-9(20)6-24-16/h2-6,12,15H,7-8H2,1H3,(H2,23,26)(H,25,27)/t12-,15+,19+/m0/s1. The highest BCUT2D eigenvalue weighted by molar-refractivity contribution is 6.36. The molecule has 3 heterocycles. The lowest BCUT2D eigenvalue weighted by atomic mass is 9.77. The first-order chi connectivity index (χ1) is 13.8. The van der Waals surface area contributed by atoms with Gasteiger partial charge in [-0.25, -0.2) is 14.4 Å². The number of hydrogen-bond donors (Lipinski definition) is 2. The fourth-order valence-electron chi connectivity index (χ4n) is 3.69. The normalized spacial score (nSPS) is 25.7. The molecule has 2 aromatic rings. The number of amidine groups is 1. The maximum Gasteiger partial charge on any atom is 0.283 e. The van der Waals surface area contributed by atoms with Gasteiger partial charge in [0.2, 0.25) is 0 Å². The molecule has 7 nitrogen and oxygen atoms in total. The molecule has 0 aliphatic carbocycles. The van der Waals surface area contributed by atoms with E-state index in [2.05, 4.69) is 15.3 Å². The highest BCUT2D eigenvalue weighted by atomic mass is 35.5. The molecule has 1 aromatic heterocycles. The minimum atomic E-state index is -1.01. The maximum absolute atomic E-state index is 14.8. The van der Waals surface area contributed by atoms with Crippen molar-refractivity contribution < 1.29 is 18.7 Å². The number of rotatable bonds is 3. The first-order valence-electron chi connectivity index (χ1n) is 8.80. The topological polar surface area (TPSA) is 98.8 Å². The van der Waals surface area contributed by atoms with Crippen molar-refractivity contribution in [2.75, 3.05) is 18.5 Å². The first kappa shape index (κ1) is 19.9. The van der Waals surface area contributed by atoms with Crippen LogP contribution in [0.4, 0.5) is 10.1 Å². The summed E-state index contributed by atoms with van der Waals surface area (Å²) in [5.74, 6) is -1.24. The predicted octanol–water partition coefficient (Wildman–Crippen LogP) is 3.35. The molecule has 10 heteroatoms. The van der Waals surface area contributed by atoms with Crippen molar-refractivity contribution in [1.29, 1.82) is 0 Å². The van der Waals surface area contributed by atoms with Crippen LogP contribution in [0.3, 0.4) is 0 Å². The van der Waals surface area contributed by atoms with Crippen molar-refractivity contribution in [2.24, 2.45) is 16.6 Å². The van der Waals surface area contributed by atoms with E-state index in [1.807, 2.05) is 0 Å². The van der Waals surface area contributed by atoms with Gasteiger partial charge in [-0.05, 0) is 31.2 Å². The number of amides is 1. The van der Waals surface area contributed by atoms with E-state index in [1.54, 1.807) is 6.92 Å². The molecule has 3 N–H and O–H groups in total. The molecule has 2 aliphatic rings. The third-order valence-electron chi connectivity index (χ3n) is 5.16. The highest BCUT2D eigenvalue weighted by Crippen LogP contribution is 2.43. The number of carbonyl (C=O) groups excluding carboxylic acids is 1. The molecule has 0 bridgehead atoms. The van der Waals surface area contributed by atoms with Crippen LogP contribution in [0.15, 0.2) is 35.5 Å². The third-order valence-corrected chi connectivity index (χ3v) is 5.65. The quantitative estimate of drug-likeness (QED) is 0.765. The van der Waals surface area contributed by atoms with Crippen LogP contribution < -0.4 is 11.1 Å². The van der Waals surface area contributed by atoms with Crippen LogP contribution in [0.1, 0.15) is 23.0 Å². The van der Waals surface area contributed by atoms with Gasteiger partial charge in [-0.15, -0.1) is 0 Å². The lowest BCUT2D eigenvalue weighted by molar-refractivity contribution is 0.0817. The number of benzene rings is 1. The molecular formula is C19H17Cl2FN4O3. The number of fused-ring (bicyclic) bond motifs is 1. The molecule has 0 saturated carbocycles. The average Bonchev–Trinajstić information content (AvgIpc) is 3.12. The van der Waals surface area contributed by atoms with E-state index < -0.39 is 17.3 Å². The number of halogens is 3. The number of ether oxygens (including phenoxy) is 2. The highest BCUT2D eigenvalue weighted by Gasteiger charge is 2.50. The van der Waals surface area contributed by atoms with Gasteiger partial charge in [0.25, 0.3) is 11.9 Å². The molecule has 0 spiro atoms. The Morgan fingerprint density at radius 1 is 1.34 bits per heavy atom.